The lowest BCUT2D eigenvalue weighted by Crippen LogP contribution is -2.29. The summed E-state index contributed by atoms with van der Waals surface area (Å²) in [5.41, 5.74) is 10.3. The highest BCUT2D eigenvalue weighted by atomic mass is 28.3. The SMILES string of the molecule is C/C=C\C(=C/C(C)C)C1=C(c2cccc(-c3ccccn3)n2)[Si](C)(C)C(c2cccc(-c3ccccn3)n2)=C1c1ccccc1. The Labute approximate surface area is 267 Å². The van der Waals surface area contributed by atoms with Gasteiger partial charge in [-0.25, -0.2) is 9.97 Å². The molecular weight excluding hydrogens is 565 g/mol. The van der Waals surface area contributed by atoms with E-state index in [0.717, 1.165) is 34.2 Å². The molecule has 45 heavy (non-hydrogen) atoms. The zero-order valence-corrected chi connectivity index (χ0v) is 27.6. The van der Waals surface area contributed by atoms with Crippen LogP contribution >= 0.6 is 0 Å². The molecule has 0 saturated carbocycles. The van der Waals surface area contributed by atoms with E-state index in [9.17, 15) is 0 Å². The molecule has 5 aromatic rings. The van der Waals surface area contributed by atoms with Gasteiger partial charge in [0.2, 0.25) is 0 Å². The molecular formula is C40H38N4Si. The van der Waals surface area contributed by atoms with E-state index in [4.69, 9.17) is 9.97 Å². The second kappa shape index (κ2) is 12.9. The highest BCUT2D eigenvalue weighted by molar-refractivity contribution is 7.11. The van der Waals surface area contributed by atoms with Gasteiger partial charge in [-0.3, -0.25) is 9.97 Å². The van der Waals surface area contributed by atoms with Gasteiger partial charge in [0.05, 0.1) is 34.2 Å². The molecule has 1 aliphatic heterocycles. The lowest BCUT2D eigenvalue weighted by atomic mass is 9.88. The minimum absolute atomic E-state index is 0.356. The molecule has 0 bridgehead atoms. The van der Waals surface area contributed by atoms with Gasteiger partial charge in [-0.05, 0) is 94.0 Å². The summed E-state index contributed by atoms with van der Waals surface area (Å²) in [6.07, 6.45) is 10.4. The standard InChI is InChI=1S/C40H38N4Si/c1-6-16-30(27-28(2)3)38-37(29-17-8-7-9-18-29)39(35-23-14-21-33(43-35)31-19-10-12-25-41-31)45(4,5)40(38)36-24-15-22-34(44-36)32-20-11-13-26-42-32/h6-28H,1-5H3/b16-6-,30-27+. The first-order valence-electron chi connectivity index (χ1n) is 15.6. The largest absolute Gasteiger partial charge is 0.255 e. The van der Waals surface area contributed by atoms with Crippen LogP contribution in [0.25, 0.3) is 38.7 Å². The fourth-order valence-corrected chi connectivity index (χ4v) is 9.90. The van der Waals surface area contributed by atoms with Crippen LogP contribution in [-0.4, -0.2) is 28.0 Å². The van der Waals surface area contributed by atoms with E-state index < -0.39 is 8.07 Å². The van der Waals surface area contributed by atoms with Crippen molar-refractivity contribution in [3.05, 3.63) is 162 Å². The molecule has 6 rings (SSSR count). The van der Waals surface area contributed by atoms with E-state index >= 15 is 0 Å². The summed E-state index contributed by atoms with van der Waals surface area (Å²) in [6, 6.07) is 35.4. The quantitative estimate of drug-likeness (QED) is 0.131. The summed E-state index contributed by atoms with van der Waals surface area (Å²) in [5, 5.41) is 2.62. The Morgan fingerprint density at radius 1 is 0.600 bits per heavy atom. The highest BCUT2D eigenvalue weighted by Crippen LogP contribution is 2.54. The van der Waals surface area contributed by atoms with Gasteiger partial charge in [-0.15, -0.1) is 0 Å². The van der Waals surface area contributed by atoms with Crippen molar-refractivity contribution in [3.63, 3.8) is 0 Å². The van der Waals surface area contributed by atoms with Gasteiger partial charge in [0.1, 0.15) is 8.07 Å². The Balaban J connectivity index is 1.69. The number of rotatable bonds is 8. The minimum Gasteiger partial charge on any atom is -0.255 e. The fraction of sp³-hybridized carbons (Fsp3) is 0.150. The van der Waals surface area contributed by atoms with Gasteiger partial charge >= 0.3 is 0 Å². The smallest absolute Gasteiger partial charge is 0.119 e. The first kappa shape index (κ1) is 30.0. The molecule has 0 fully saturated rings. The lowest BCUT2D eigenvalue weighted by Gasteiger charge is -2.26. The van der Waals surface area contributed by atoms with Crippen LogP contribution in [0.15, 0.2) is 145 Å². The van der Waals surface area contributed by atoms with Crippen LogP contribution in [0.1, 0.15) is 37.7 Å². The monoisotopic (exact) mass is 602 g/mol. The van der Waals surface area contributed by atoms with Crippen molar-refractivity contribution in [2.24, 2.45) is 5.92 Å². The second-order valence-electron chi connectivity index (χ2n) is 12.1. The average molecular weight is 603 g/mol. The normalized spacial score (nSPS) is 15.0. The van der Waals surface area contributed by atoms with Crippen molar-refractivity contribution < 1.29 is 0 Å². The number of hydrogen-bond acceptors (Lipinski definition) is 4. The lowest BCUT2D eigenvalue weighted by molar-refractivity contribution is 0.827. The van der Waals surface area contributed by atoms with Crippen LogP contribution in [0.4, 0.5) is 0 Å². The molecule has 0 amide bonds. The van der Waals surface area contributed by atoms with Crippen molar-refractivity contribution in [3.8, 4) is 22.8 Å². The molecule has 0 aliphatic carbocycles. The molecule has 0 radical (unpaired) electrons. The van der Waals surface area contributed by atoms with Crippen LogP contribution < -0.4 is 0 Å². The Bertz CT molecular complexity index is 1940. The van der Waals surface area contributed by atoms with Crippen molar-refractivity contribution >= 4 is 24.0 Å². The number of pyridine rings is 4. The second-order valence-corrected chi connectivity index (χ2v) is 16.4. The maximum absolute atomic E-state index is 5.32. The van der Waals surface area contributed by atoms with Crippen molar-refractivity contribution in [1.82, 2.24) is 19.9 Å². The Kier molecular flexibility index (Phi) is 8.63. The Hall–Kier alpha value is -5.00. The van der Waals surface area contributed by atoms with Gasteiger partial charge in [0.25, 0.3) is 0 Å². The van der Waals surface area contributed by atoms with Crippen molar-refractivity contribution in [1.29, 1.82) is 0 Å². The third-order valence-electron chi connectivity index (χ3n) is 8.08. The molecule has 1 aliphatic rings. The molecule has 0 atom stereocenters. The summed E-state index contributed by atoms with van der Waals surface area (Å²) >= 11 is 0. The molecule has 0 N–H and O–H groups in total. The van der Waals surface area contributed by atoms with E-state index in [2.05, 4.69) is 129 Å². The van der Waals surface area contributed by atoms with E-state index in [0.29, 0.717) is 5.92 Å². The molecule has 0 saturated heterocycles. The topological polar surface area (TPSA) is 51.6 Å². The van der Waals surface area contributed by atoms with Crippen LogP contribution in [0.5, 0.6) is 0 Å². The zero-order chi connectivity index (χ0) is 31.4. The van der Waals surface area contributed by atoms with Crippen molar-refractivity contribution in [2.75, 3.05) is 0 Å². The van der Waals surface area contributed by atoms with Gasteiger partial charge in [0.15, 0.2) is 0 Å². The maximum Gasteiger partial charge on any atom is 0.119 e. The van der Waals surface area contributed by atoms with E-state index in [1.807, 2.05) is 48.8 Å². The van der Waals surface area contributed by atoms with E-state index in [1.165, 1.54) is 32.7 Å². The third kappa shape index (κ3) is 6.04. The molecule has 5 heteroatoms. The van der Waals surface area contributed by atoms with Crippen molar-refractivity contribution in [2.45, 2.75) is 33.9 Å². The van der Waals surface area contributed by atoms with Gasteiger partial charge in [-0.1, -0.05) is 99.8 Å². The highest BCUT2D eigenvalue weighted by Gasteiger charge is 2.45. The van der Waals surface area contributed by atoms with E-state index in [-0.39, 0.29) is 0 Å². The van der Waals surface area contributed by atoms with Crippen LogP contribution in [0, 0.1) is 5.92 Å². The first-order valence-corrected chi connectivity index (χ1v) is 18.6. The molecule has 1 aromatic carbocycles. The molecule has 222 valence electrons. The molecule has 0 unspecified atom stereocenters. The van der Waals surface area contributed by atoms with Crippen LogP contribution in [0.2, 0.25) is 13.1 Å². The van der Waals surface area contributed by atoms with Crippen LogP contribution in [0.3, 0.4) is 0 Å². The summed E-state index contributed by atoms with van der Waals surface area (Å²) in [6.45, 7) is 11.5. The van der Waals surface area contributed by atoms with E-state index in [1.54, 1.807) is 0 Å². The number of allylic oxidation sites excluding steroid dienone is 6. The molecule has 0 spiro atoms. The number of benzene rings is 1. The molecule has 4 nitrogen and oxygen atoms in total. The Morgan fingerprint density at radius 2 is 1.11 bits per heavy atom. The first-order chi connectivity index (χ1) is 21.9. The Morgan fingerprint density at radius 3 is 1.62 bits per heavy atom. The molecule has 4 aromatic heterocycles. The minimum atomic E-state index is -2.46. The summed E-state index contributed by atoms with van der Waals surface area (Å²) < 4.78 is 0. The van der Waals surface area contributed by atoms with Gasteiger partial charge < -0.3 is 0 Å². The zero-order valence-electron chi connectivity index (χ0n) is 26.6. The summed E-state index contributed by atoms with van der Waals surface area (Å²) in [4.78, 5) is 19.9. The number of nitrogens with zero attached hydrogens (tertiary/aromatic N) is 4. The predicted octanol–water partition coefficient (Wildman–Crippen LogP) is 9.92. The average Bonchev–Trinajstić information content (AvgIpc) is 3.32. The number of hydrogen-bond donors (Lipinski definition) is 0. The summed E-state index contributed by atoms with van der Waals surface area (Å²) in [5.74, 6) is 0.356. The fourth-order valence-electron chi connectivity index (χ4n) is 6.30. The number of aromatic nitrogens is 4. The van der Waals surface area contributed by atoms with Gasteiger partial charge in [0, 0.05) is 12.4 Å². The predicted molar refractivity (Wildman–Crippen MR) is 190 cm³/mol. The third-order valence-corrected chi connectivity index (χ3v) is 11.6. The maximum atomic E-state index is 5.32. The van der Waals surface area contributed by atoms with Crippen LogP contribution in [-0.2, 0) is 0 Å². The summed E-state index contributed by atoms with van der Waals surface area (Å²) in [7, 11) is -2.46. The van der Waals surface area contributed by atoms with Gasteiger partial charge in [-0.2, -0.15) is 0 Å². The molecule has 5 heterocycles.